The maximum Gasteiger partial charge on any atom is 0.416 e. The van der Waals surface area contributed by atoms with E-state index in [9.17, 15) is 18.0 Å². The highest BCUT2D eigenvalue weighted by molar-refractivity contribution is 5.71. The van der Waals surface area contributed by atoms with E-state index in [1.54, 1.807) is 18.2 Å². The Morgan fingerprint density at radius 2 is 1.87 bits per heavy atom. The largest absolute Gasteiger partial charge is 0.416 e. The van der Waals surface area contributed by atoms with Gasteiger partial charge < -0.3 is 4.74 Å². The number of pyridine rings is 1. The summed E-state index contributed by atoms with van der Waals surface area (Å²) in [6.07, 6.45) is -3.37. The summed E-state index contributed by atoms with van der Waals surface area (Å²) in [4.78, 5) is 14.9. The maximum absolute atomic E-state index is 12.5. The molecule has 0 bridgehead atoms. The summed E-state index contributed by atoms with van der Waals surface area (Å²) in [6, 6.07) is 9.93. The topological polar surface area (TPSA) is 39.2 Å². The molecule has 2 rings (SSSR count). The molecule has 6 heteroatoms. The molecular formula is C17H16F3NO2. The molecule has 0 spiro atoms. The number of halogens is 3. The molecule has 2 aromatic rings. The quantitative estimate of drug-likeness (QED) is 0.730. The standard InChI is InChI=1S/C17H16F3NO2/c1-2-16(15-5-3-4-14(10-22)21-15)23-11-12-6-8-13(9-7-12)17(18,19)20/h3-10,16H,2,11H2,1H3. The van der Waals surface area contributed by atoms with E-state index < -0.39 is 11.7 Å². The average molecular weight is 323 g/mol. The molecule has 0 saturated carbocycles. The van der Waals surface area contributed by atoms with Crippen molar-refractivity contribution in [3.05, 3.63) is 65.0 Å². The van der Waals surface area contributed by atoms with Crippen molar-refractivity contribution in [1.82, 2.24) is 4.98 Å². The second-order valence-corrected chi connectivity index (χ2v) is 5.01. The Bertz CT molecular complexity index is 654. The number of benzene rings is 1. The van der Waals surface area contributed by atoms with Gasteiger partial charge in [-0.15, -0.1) is 0 Å². The zero-order valence-electron chi connectivity index (χ0n) is 12.5. The number of rotatable bonds is 6. The predicted octanol–water partition coefficient (Wildman–Crippen LogP) is 4.58. The van der Waals surface area contributed by atoms with Gasteiger partial charge in [0.2, 0.25) is 0 Å². The summed E-state index contributed by atoms with van der Waals surface area (Å²) in [5.41, 5.74) is 0.903. The summed E-state index contributed by atoms with van der Waals surface area (Å²) >= 11 is 0. The molecule has 0 aliphatic carbocycles. The van der Waals surface area contributed by atoms with Crippen LogP contribution in [0.2, 0.25) is 0 Å². The van der Waals surface area contributed by atoms with Crippen LogP contribution in [-0.2, 0) is 17.5 Å². The Morgan fingerprint density at radius 3 is 2.43 bits per heavy atom. The monoisotopic (exact) mass is 323 g/mol. The number of carbonyl (C=O) groups excluding carboxylic acids is 1. The third-order valence-electron chi connectivity index (χ3n) is 3.35. The third kappa shape index (κ3) is 4.63. The van der Waals surface area contributed by atoms with Crippen LogP contribution in [0.15, 0.2) is 42.5 Å². The molecule has 1 unspecified atom stereocenters. The molecule has 1 aromatic heterocycles. The van der Waals surface area contributed by atoms with Crippen LogP contribution < -0.4 is 0 Å². The van der Waals surface area contributed by atoms with Crippen molar-refractivity contribution in [3.63, 3.8) is 0 Å². The van der Waals surface area contributed by atoms with Crippen molar-refractivity contribution in [2.24, 2.45) is 0 Å². The number of carbonyl (C=O) groups is 1. The minimum absolute atomic E-state index is 0.170. The smallest absolute Gasteiger partial charge is 0.367 e. The SMILES string of the molecule is CCC(OCc1ccc(C(F)(F)F)cc1)c1cccc(C=O)n1. The Kier molecular flexibility index (Phi) is 5.50. The molecule has 0 saturated heterocycles. The fourth-order valence-corrected chi connectivity index (χ4v) is 2.11. The Balaban J connectivity index is 2.04. The van der Waals surface area contributed by atoms with Gasteiger partial charge in [0.15, 0.2) is 6.29 Å². The molecule has 122 valence electrons. The molecule has 3 nitrogen and oxygen atoms in total. The van der Waals surface area contributed by atoms with Crippen molar-refractivity contribution in [3.8, 4) is 0 Å². The summed E-state index contributed by atoms with van der Waals surface area (Å²) in [6.45, 7) is 2.08. The minimum atomic E-state index is -4.34. The second-order valence-electron chi connectivity index (χ2n) is 5.01. The van der Waals surface area contributed by atoms with E-state index in [1.165, 1.54) is 12.1 Å². The van der Waals surface area contributed by atoms with Crippen LogP contribution in [0.4, 0.5) is 13.2 Å². The predicted molar refractivity (Wildman–Crippen MR) is 78.9 cm³/mol. The number of hydrogen-bond acceptors (Lipinski definition) is 3. The van der Waals surface area contributed by atoms with Gasteiger partial charge in [0.05, 0.1) is 24.0 Å². The van der Waals surface area contributed by atoms with Gasteiger partial charge in [-0.05, 0) is 36.2 Å². The Hall–Kier alpha value is -2.21. The number of ether oxygens (including phenoxy) is 1. The van der Waals surface area contributed by atoms with Crippen LogP contribution in [0.3, 0.4) is 0 Å². The number of nitrogens with zero attached hydrogens (tertiary/aromatic N) is 1. The van der Waals surface area contributed by atoms with Gasteiger partial charge in [-0.2, -0.15) is 13.2 Å². The highest BCUT2D eigenvalue weighted by atomic mass is 19.4. The summed E-state index contributed by atoms with van der Waals surface area (Å²) < 4.78 is 43.3. The first-order chi connectivity index (χ1) is 10.9. The highest BCUT2D eigenvalue weighted by Gasteiger charge is 2.29. The second kappa shape index (κ2) is 7.37. The Morgan fingerprint density at radius 1 is 1.17 bits per heavy atom. The fraction of sp³-hybridized carbons (Fsp3) is 0.294. The molecule has 0 N–H and O–H groups in total. The lowest BCUT2D eigenvalue weighted by atomic mass is 10.1. The molecule has 1 aromatic carbocycles. The van der Waals surface area contributed by atoms with E-state index in [-0.39, 0.29) is 12.7 Å². The van der Waals surface area contributed by atoms with Gasteiger partial charge >= 0.3 is 6.18 Å². The summed E-state index contributed by atoms with van der Waals surface area (Å²) in [5, 5.41) is 0. The van der Waals surface area contributed by atoms with Crippen molar-refractivity contribution >= 4 is 6.29 Å². The average Bonchev–Trinajstić information content (AvgIpc) is 2.55. The molecule has 0 amide bonds. The van der Waals surface area contributed by atoms with Crippen molar-refractivity contribution < 1.29 is 22.7 Å². The molecule has 1 atom stereocenters. The van der Waals surface area contributed by atoms with Crippen LogP contribution in [-0.4, -0.2) is 11.3 Å². The lowest BCUT2D eigenvalue weighted by molar-refractivity contribution is -0.137. The van der Waals surface area contributed by atoms with E-state index in [0.29, 0.717) is 29.7 Å². The zero-order chi connectivity index (χ0) is 16.9. The lowest BCUT2D eigenvalue weighted by Crippen LogP contribution is -2.08. The van der Waals surface area contributed by atoms with E-state index in [4.69, 9.17) is 4.74 Å². The van der Waals surface area contributed by atoms with Gasteiger partial charge in [0.25, 0.3) is 0 Å². The van der Waals surface area contributed by atoms with E-state index in [1.807, 2.05) is 6.92 Å². The Labute approximate surface area is 132 Å². The normalized spacial score (nSPS) is 12.9. The van der Waals surface area contributed by atoms with Gasteiger partial charge in [-0.3, -0.25) is 4.79 Å². The number of aromatic nitrogens is 1. The first kappa shape index (κ1) is 17.1. The zero-order valence-corrected chi connectivity index (χ0v) is 12.5. The maximum atomic E-state index is 12.5. The molecule has 0 fully saturated rings. The van der Waals surface area contributed by atoms with Gasteiger partial charge in [-0.1, -0.05) is 25.1 Å². The molecule has 0 aliphatic rings. The molecular weight excluding hydrogens is 307 g/mol. The summed E-state index contributed by atoms with van der Waals surface area (Å²) in [7, 11) is 0. The van der Waals surface area contributed by atoms with Gasteiger partial charge in [-0.25, -0.2) is 4.98 Å². The van der Waals surface area contributed by atoms with Gasteiger partial charge in [0, 0.05) is 0 Å². The van der Waals surface area contributed by atoms with Crippen molar-refractivity contribution in [2.45, 2.75) is 32.2 Å². The van der Waals surface area contributed by atoms with Crippen LogP contribution in [0, 0.1) is 0 Å². The van der Waals surface area contributed by atoms with E-state index in [2.05, 4.69) is 4.98 Å². The highest BCUT2D eigenvalue weighted by Crippen LogP contribution is 2.29. The van der Waals surface area contributed by atoms with E-state index >= 15 is 0 Å². The molecule has 23 heavy (non-hydrogen) atoms. The van der Waals surface area contributed by atoms with Crippen LogP contribution in [0.25, 0.3) is 0 Å². The van der Waals surface area contributed by atoms with Crippen LogP contribution in [0.1, 0.15) is 46.8 Å². The molecule has 0 radical (unpaired) electrons. The number of aldehydes is 1. The van der Waals surface area contributed by atoms with Crippen LogP contribution >= 0.6 is 0 Å². The van der Waals surface area contributed by atoms with Crippen molar-refractivity contribution in [2.75, 3.05) is 0 Å². The molecule has 1 heterocycles. The molecule has 0 aliphatic heterocycles. The lowest BCUT2D eigenvalue weighted by Gasteiger charge is -2.16. The number of alkyl halides is 3. The van der Waals surface area contributed by atoms with Crippen molar-refractivity contribution in [1.29, 1.82) is 0 Å². The van der Waals surface area contributed by atoms with E-state index in [0.717, 1.165) is 12.1 Å². The minimum Gasteiger partial charge on any atom is -0.367 e. The third-order valence-corrected chi connectivity index (χ3v) is 3.35. The van der Waals surface area contributed by atoms with Gasteiger partial charge in [0.1, 0.15) is 5.69 Å². The fourth-order valence-electron chi connectivity index (χ4n) is 2.11. The first-order valence-electron chi connectivity index (χ1n) is 7.14. The van der Waals surface area contributed by atoms with Crippen LogP contribution in [0.5, 0.6) is 0 Å². The summed E-state index contributed by atoms with van der Waals surface area (Å²) in [5.74, 6) is 0. The first-order valence-corrected chi connectivity index (χ1v) is 7.14. The number of hydrogen-bond donors (Lipinski definition) is 0.